The summed E-state index contributed by atoms with van der Waals surface area (Å²) in [6.07, 6.45) is 7.46. The molecule has 0 radical (unpaired) electrons. The van der Waals surface area contributed by atoms with E-state index in [4.69, 9.17) is 23.2 Å². The van der Waals surface area contributed by atoms with Crippen LogP contribution in [0.5, 0.6) is 0 Å². The van der Waals surface area contributed by atoms with Crippen LogP contribution >= 0.6 is 23.2 Å². The number of hydrogen-bond donors (Lipinski definition) is 0. The van der Waals surface area contributed by atoms with Gasteiger partial charge in [0.2, 0.25) is 0 Å². The molecule has 0 spiro atoms. The lowest BCUT2D eigenvalue weighted by Crippen LogP contribution is -2.03. The highest BCUT2D eigenvalue weighted by molar-refractivity contribution is 6.42. The highest BCUT2D eigenvalue weighted by Gasteiger charge is 2.19. The van der Waals surface area contributed by atoms with Crippen molar-refractivity contribution in [2.45, 2.75) is 19.4 Å². The third-order valence-corrected chi connectivity index (χ3v) is 3.97. The zero-order chi connectivity index (χ0) is 12.0. The summed E-state index contributed by atoms with van der Waals surface area (Å²) in [7, 11) is 0. The largest absolute Gasteiger partial charge is 0.324 e. The molecule has 0 saturated heterocycles. The summed E-state index contributed by atoms with van der Waals surface area (Å²) in [5, 5.41) is 1.13. The maximum atomic E-state index is 6.06. The maximum Gasteiger partial charge on any atom is 0.0963 e. The molecule has 2 nitrogen and oxygen atoms in total. The molecule has 3 rings (SSSR count). The van der Waals surface area contributed by atoms with Crippen molar-refractivity contribution >= 4 is 34.2 Å². The van der Waals surface area contributed by atoms with Gasteiger partial charge in [-0.1, -0.05) is 42.3 Å². The Morgan fingerprint density at radius 3 is 2.71 bits per heavy atom. The number of aromatic nitrogens is 2. The molecule has 0 fully saturated rings. The van der Waals surface area contributed by atoms with Gasteiger partial charge in [0.25, 0.3) is 0 Å². The molecule has 2 aromatic rings. The Labute approximate surface area is 110 Å². The number of fused-ring (bicyclic) bond motifs is 1. The molecule has 17 heavy (non-hydrogen) atoms. The fraction of sp³-hybridized carbons (Fsp3) is 0.308. The first kappa shape index (κ1) is 11.1. The zero-order valence-corrected chi connectivity index (χ0v) is 10.9. The minimum atomic E-state index is 0.382. The molecular weight excluding hydrogens is 255 g/mol. The first-order chi connectivity index (χ1) is 8.15. The highest BCUT2D eigenvalue weighted by Crippen LogP contribution is 2.33. The third-order valence-electron chi connectivity index (χ3n) is 3.25. The minimum absolute atomic E-state index is 0.382. The predicted octanol–water partition coefficient (Wildman–Crippen LogP) is 4.48. The summed E-state index contributed by atoms with van der Waals surface area (Å²) >= 11 is 12.0. The van der Waals surface area contributed by atoms with E-state index in [0.717, 1.165) is 17.5 Å². The number of benzene rings is 1. The van der Waals surface area contributed by atoms with Gasteiger partial charge in [-0.15, -0.1) is 0 Å². The van der Waals surface area contributed by atoms with Crippen LogP contribution in [0.2, 0.25) is 10.0 Å². The van der Waals surface area contributed by atoms with E-state index in [2.05, 4.69) is 28.6 Å². The van der Waals surface area contributed by atoms with Crippen LogP contribution in [0.15, 0.2) is 30.6 Å². The van der Waals surface area contributed by atoms with E-state index in [1.165, 1.54) is 0 Å². The second-order valence-electron chi connectivity index (χ2n) is 4.57. The molecule has 0 amide bonds. The van der Waals surface area contributed by atoms with Gasteiger partial charge in [0.15, 0.2) is 0 Å². The van der Waals surface area contributed by atoms with Gasteiger partial charge < -0.3 is 4.57 Å². The van der Waals surface area contributed by atoms with Gasteiger partial charge in [-0.05, 0) is 24.5 Å². The molecule has 1 heterocycles. The molecular formula is C13H12Cl2N2. The van der Waals surface area contributed by atoms with E-state index in [1.807, 2.05) is 18.5 Å². The van der Waals surface area contributed by atoms with Crippen molar-refractivity contribution in [3.63, 3.8) is 0 Å². The van der Waals surface area contributed by atoms with Crippen molar-refractivity contribution in [3.05, 3.63) is 40.7 Å². The molecule has 0 bridgehead atoms. The Hall–Kier alpha value is -0.990. The Kier molecular flexibility index (Phi) is 2.64. The van der Waals surface area contributed by atoms with Crippen LogP contribution in [-0.4, -0.2) is 9.55 Å². The smallest absolute Gasteiger partial charge is 0.0963 e. The van der Waals surface area contributed by atoms with Crippen LogP contribution in [0.1, 0.15) is 19.4 Å². The molecule has 0 unspecified atom stereocenters. The monoisotopic (exact) mass is 266 g/mol. The number of imidazole rings is 1. The van der Waals surface area contributed by atoms with Gasteiger partial charge in [0.1, 0.15) is 0 Å². The van der Waals surface area contributed by atoms with Crippen LogP contribution in [0.3, 0.4) is 0 Å². The van der Waals surface area contributed by atoms with E-state index in [9.17, 15) is 0 Å². The first-order valence-electron chi connectivity index (χ1n) is 5.65. The number of hydrogen-bond acceptors (Lipinski definition) is 1. The second-order valence-corrected chi connectivity index (χ2v) is 5.39. The molecule has 1 aromatic carbocycles. The summed E-state index contributed by atoms with van der Waals surface area (Å²) in [5.74, 6) is 0.625. The van der Waals surface area contributed by atoms with E-state index < -0.39 is 0 Å². The minimum Gasteiger partial charge on any atom is -0.324 e. The van der Waals surface area contributed by atoms with Crippen molar-refractivity contribution < 1.29 is 0 Å². The van der Waals surface area contributed by atoms with Crippen molar-refractivity contribution in [2.75, 3.05) is 0 Å². The van der Waals surface area contributed by atoms with E-state index >= 15 is 0 Å². The van der Waals surface area contributed by atoms with Crippen LogP contribution in [-0.2, 0) is 0 Å². The molecule has 1 aliphatic carbocycles. The van der Waals surface area contributed by atoms with E-state index in [1.54, 1.807) is 0 Å². The lowest BCUT2D eigenvalue weighted by molar-refractivity contribution is 0.539. The van der Waals surface area contributed by atoms with E-state index in [0.29, 0.717) is 22.0 Å². The normalized spacial score (nSPS) is 23.7. The summed E-state index contributed by atoms with van der Waals surface area (Å²) in [5.41, 5.74) is 1.94. The van der Waals surface area contributed by atoms with Crippen molar-refractivity contribution in [1.82, 2.24) is 9.55 Å². The predicted molar refractivity (Wildman–Crippen MR) is 71.7 cm³/mol. The van der Waals surface area contributed by atoms with Gasteiger partial charge in [-0.25, -0.2) is 4.98 Å². The Bertz CT molecular complexity index is 601. The molecule has 4 heteroatoms. The average Bonchev–Trinajstić information content (AvgIpc) is 2.86. The second kappa shape index (κ2) is 4.04. The fourth-order valence-corrected chi connectivity index (χ4v) is 2.67. The van der Waals surface area contributed by atoms with Crippen molar-refractivity contribution in [2.24, 2.45) is 5.92 Å². The summed E-state index contributed by atoms with van der Waals surface area (Å²) in [6.45, 7) is 2.22. The first-order valence-corrected chi connectivity index (χ1v) is 6.40. The molecule has 0 aliphatic heterocycles. The van der Waals surface area contributed by atoms with Gasteiger partial charge in [0, 0.05) is 0 Å². The number of rotatable bonds is 1. The lowest BCUT2D eigenvalue weighted by Gasteiger charge is -2.12. The standard InChI is InChI=1S/C13H12Cl2N2/c1-8-2-3-9(4-8)17-7-16-12-5-10(14)11(15)6-13(12)17/h2-3,5-9H,4H2,1H3/t8-,9+/m1/s1. The van der Waals surface area contributed by atoms with Crippen LogP contribution < -0.4 is 0 Å². The Morgan fingerprint density at radius 2 is 2.00 bits per heavy atom. The van der Waals surface area contributed by atoms with Crippen LogP contribution in [0.4, 0.5) is 0 Å². The summed E-state index contributed by atoms with van der Waals surface area (Å²) < 4.78 is 2.16. The van der Waals surface area contributed by atoms with Gasteiger partial charge >= 0.3 is 0 Å². The lowest BCUT2D eigenvalue weighted by atomic mass is 10.1. The number of halogens is 2. The van der Waals surface area contributed by atoms with Gasteiger partial charge in [-0.2, -0.15) is 0 Å². The van der Waals surface area contributed by atoms with E-state index in [-0.39, 0.29) is 0 Å². The topological polar surface area (TPSA) is 17.8 Å². The molecule has 2 atom stereocenters. The summed E-state index contributed by atoms with van der Waals surface area (Å²) in [6, 6.07) is 4.09. The van der Waals surface area contributed by atoms with Gasteiger partial charge in [0.05, 0.1) is 33.4 Å². The molecule has 0 N–H and O–H groups in total. The van der Waals surface area contributed by atoms with Crippen LogP contribution in [0.25, 0.3) is 11.0 Å². The number of nitrogens with zero attached hydrogens (tertiary/aromatic N) is 2. The Balaban J connectivity index is 2.12. The average molecular weight is 267 g/mol. The molecule has 88 valence electrons. The maximum absolute atomic E-state index is 6.06. The third kappa shape index (κ3) is 1.85. The fourth-order valence-electron chi connectivity index (χ4n) is 2.35. The highest BCUT2D eigenvalue weighted by atomic mass is 35.5. The quantitative estimate of drug-likeness (QED) is 0.696. The summed E-state index contributed by atoms with van der Waals surface area (Å²) in [4.78, 5) is 4.38. The zero-order valence-electron chi connectivity index (χ0n) is 9.40. The van der Waals surface area contributed by atoms with Crippen molar-refractivity contribution in [3.8, 4) is 0 Å². The van der Waals surface area contributed by atoms with Gasteiger partial charge in [-0.3, -0.25) is 0 Å². The Morgan fingerprint density at radius 1 is 1.24 bits per heavy atom. The molecule has 1 aliphatic rings. The van der Waals surface area contributed by atoms with Crippen molar-refractivity contribution in [1.29, 1.82) is 0 Å². The van der Waals surface area contributed by atoms with Crippen LogP contribution in [0, 0.1) is 5.92 Å². The number of allylic oxidation sites excluding steroid dienone is 2. The SMILES string of the molecule is C[C@@H]1C=C[C@H](n2cnc3cc(Cl)c(Cl)cc32)C1. The molecule has 1 aromatic heterocycles. The molecule has 0 saturated carbocycles.